The van der Waals surface area contributed by atoms with Gasteiger partial charge in [-0.3, -0.25) is 4.79 Å². The molecule has 0 unspecified atom stereocenters. The smallest absolute Gasteiger partial charge is 0.339 e. The molecule has 122 valence electrons. The minimum atomic E-state index is -1.09. The zero-order chi connectivity index (χ0) is 17.1. The molecular weight excluding hydrogens is 325 g/mol. The van der Waals surface area contributed by atoms with Crippen molar-refractivity contribution in [1.29, 1.82) is 0 Å². The van der Waals surface area contributed by atoms with Gasteiger partial charge in [-0.1, -0.05) is 17.7 Å². The molecule has 1 N–H and O–H groups in total. The van der Waals surface area contributed by atoms with E-state index in [-0.39, 0.29) is 40.8 Å². The Hall–Kier alpha value is -2.34. The lowest BCUT2D eigenvalue weighted by Gasteiger charge is -2.16. The Morgan fingerprint density at radius 3 is 2.65 bits per heavy atom. The first-order valence-corrected chi connectivity index (χ1v) is 7.17. The van der Waals surface area contributed by atoms with Gasteiger partial charge in [-0.25, -0.2) is 9.18 Å². The van der Waals surface area contributed by atoms with Gasteiger partial charge in [-0.2, -0.15) is 0 Å². The van der Waals surface area contributed by atoms with E-state index in [1.54, 1.807) is 0 Å². The van der Waals surface area contributed by atoms with Crippen LogP contribution in [0.2, 0.25) is 5.02 Å². The average molecular weight is 340 g/mol. The van der Waals surface area contributed by atoms with Crippen LogP contribution < -0.4 is 0 Å². The van der Waals surface area contributed by atoms with Gasteiger partial charge in [0.05, 0.1) is 13.0 Å². The number of likely N-dealkylation sites (N-methyl/N-ethyl adjacent to an activating group) is 1. The van der Waals surface area contributed by atoms with Crippen molar-refractivity contribution < 1.29 is 23.5 Å². The number of aryl methyl sites for hydroxylation is 1. The summed E-state index contributed by atoms with van der Waals surface area (Å²) in [5, 5.41) is 9.17. The van der Waals surface area contributed by atoms with Crippen LogP contribution in [0.25, 0.3) is 0 Å². The van der Waals surface area contributed by atoms with Crippen LogP contribution in [0.1, 0.15) is 27.4 Å². The third-order valence-corrected chi connectivity index (χ3v) is 3.76. The standard InChI is InChI=1S/C16H15ClFNO4/c1-9-11(16(21)22)6-10(23-9)8-19(2)15(20)7-12-13(17)4-3-5-14(12)18/h3-6H,7-8H2,1-2H3,(H,21,22). The number of nitrogens with zero attached hydrogens (tertiary/aromatic N) is 1. The maximum Gasteiger partial charge on any atom is 0.339 e. The fraction of sp³-hybridized carbons (Fsp3) is 0.250. The maximum atomic E-state index is 13.7. The molecule has 1 amide bonds. The first-order chi connectivity index (χ1) is 10.8. The third-order valence-electron chi connectivity index (χ3n) is 3.41. The molecule has 1 aromatic heterocycles. The summed E-state index contributed by atoms with van der Waals surface area (Å²) >= 11 is 5.90. The number of hydrogen-bond donors (Lipinski definition) is 1. The van der Waals surface area contributed by atoms with Crippen LogP contribution in [0.3, 0.4) is 0 Å². The second-order valence-electron chi connectivity index (χ2n) is 5.11. The van der Waals surface area contributed by atoms with Crippen LogP contribution in [-0.4, -0.2) is 28.9 Å². The number of carboxylic acids is 1. The number of amides is 1. The molecule has 0 atom stereocenters. The second kappa shape index (κ2) is 6.83. The maximum absolute atomic E-state index is 13.7. The normalized spacial score (nSPS) is 10.6. The van der Waals surface area contributed by atoms with E-state index in [9.17, 15) is 14.0 Å². The van der Waals surface area contributed by atoms with Crippen molar-refractivity contribution >= 4 is 23.5 Å². The van der Waals surface area contributed by atoms with E-state index in [1.165, 1.54) is 43.1 Å². The molecule has 0 spiro atoms. The van der Waals surface area contributed by atoms with Crippen LogP contribution in [0.4, 0.5) is 4.39 Å². The fourth-order valence-electron chi connectivity index (χ4n) is 2.14. The molecule has 2 rings (SSSR count). The van der Waals surface area contributed by atoms with Crippen molar-refractivity contribution in [3.05, 3.63) is 57.8 Å². The lowest BCUT2D eigenvalue weighted by atomic mass is 10.1. The Balaban J connectivity index is 2.08. The minimum absolute atomic E-state index is 0.0537. The summed E-state index contributed by atoms with van der Waals surface area (Å²) in [5.74, 6) is -1.38. The molecule has 0 saturated heterocycles. The van der Waals surface area contributed by atoms with Crippen LogP contribution >= 0.6 is 11.6 Å². The number of carbonyl (C=O) groups is 2. The van der Waals surface area contributed by atoms with Gasteiger partial charge in [0.2, 0.25) is 5.91 Å². The van der Waals surface area contributed by atoms with Crippen molar-refractivity contribution in [2.24, 2.45) is 0 Å². The summed E-state index contributed by atoms with van der Waals surface area (Å²) < 4.78 is 19.0. The number of halogens is 2. The lowest BCUT2D eigenvalue weighted by molar-refractivity contribution is -0.130. The summed E-state index contributed by atoms with van der Waals surface area (Å²) in [6.45, 7) is 1.62. The highest BCUT2D eigenvalue weighted by Gasteiger charge is 2.19. The first-order valence-electron chi connectivity index (χ1n) is 6.79. The molecule has 0 saturated carbocycles. The number of aromatic carboxylic acids is 1. The van der Waals surface area contributed by atoms with Crippen LogP contribution in [-0.2, 0) is 17.8 Å². The number of benzene rings is 1. The second-order valence-corrected chi connectivity index (χ2v) is 5.52. The first kappa shape index (κ1) is 17.0. The zero-order valence-corrected chi connectivity index (χ0v) is 13.4. The molecule has 1 heterocycles. The van der Waals surface area contributed by atoms with Gasteiger partial charge in [0.1, 0.15) is 22.9 Å². The minimum Gasteiger partial charge on any atom is -0.478 e. The quantitative estimate of drug-likeness (QED) is 0.907. The van der Waals surface area contributed by atoms with Crippen LogP contribution in [0, 0.1) is 12.7 Å². The van der Waals surface area contributed by atoms with Gasteiger partial charge in [0.15, 0.2) is 0 Å². The van der Waals surface area contributed by atoms with Gasteiger partial charge in [0.25, 0.3) is 0 Å². The van der Waals surface area contributed by atoms with E-state index in [1.807, 2.05) is 0 Å². The van der Waals surface area contributed by atoms with Crippen LogP contribution in [0.15, 0.2) is 28.7 Å². The Kier molecular flexibility index (Phi) is 5.05. The predicted octanol–water partition coefficient (Wildman–Crippen LogP) is 3.28. The summed E-state index contributed by atoms with van der Waals surface area (Å²) in [4.78, 5) is 24.5. The molecule has 0 radical (unpaired) electrons. The summed E-state index contributed by atoms with van der Waals surface area (Å²) in [6, 6.07) is 5.59. The van der Waals surface area contributed by atoms with Gasteiger partial charge < -0.3 is 14.4 Å². The highest BCUT2D eigenvalue weighted by Crippen LogP contribution is 2.21. The number of carboxylic acid groups (broad SMARTS) is 1. The summed E-state index contributed by atoms with van der Waals surface area (Å²) in [7, 11) is 1.52. The number of furan rings is 1. The lowest BCUT2D eigenvalue weighted by Crippen LogP contribution is -2.28. The van der Waals surface area contributed by atoms with Crippen LogP contribution in [0.5, 0.6) is 0 Å². The fourth-order valence-corrected chi connectivity index (χ4v) is 2.37. The molecular formula is C16H15ClFNO4. The monoisotopic (exact) mass is 339 g/mol. The highest BCUT2D eigenvalue weighted by atomic mass is 35.5. The summed E-state index contributed by atoms with van der Waals surface area (Å²) in [5.41, 5.74) is 0.186. The molecule has 1 aromatic carbocycles. The number of rotatable bonds is 5. The third kappa shape index (κ3) is 3.90. The largest absolute Gasteiger partial charge is 0.478 e. The van der Waals surface area contributed by atoms with Crippen molar-refractivity contribution in [2.45, 2.75) is 19.9 Å². The topological polar surface area (TPSA) is 70.8 Å². The van der Waals surface area contributed by atoms with E-state index in [2.05, 4.69) is 0 Å². The van der Waals surface area contributed by atoms with Crippen molar-refractivity contribution in [1.82, 2.24) is 4.90 Å². The zero-order valence-electron chi connectivity index (χ0n) is 12.6. The number of carbonyl (C=O) groups excluding carboxylic acids is 1. The van der Waals surface area contributed by atoms with Crippen molar-refractivity contribution in [2.75, 3.05) is 7.05 Å². The molecule has 5 nitrogen and oxygen atoms in total. The Labute approximate surface area is 137 Å². The van der Waals surface area contributed by atoms with Gasteiger partial charge in [-0.15, -0.1) is 0 Å². The molecule has 0 fully saturated rings. The molecule has 0 aliphatic heterocycles. The van der Waals surface area contributed by atoms with Crippen molar-refractivity contribution in [3.8, 4) is 0 Å². The highest BCUT2D eigenvalue weighted by molar-refractivity contribution is 6.31. The van der Waals surface area contributed by atoms with Gasteiger partial charge in [-0.05, 0) is 25.1 Å². The van der Waals surface area contributed by atoms with E-state index in [0.29, 0.717) is 5.76 Å². The summed E-state index contributed by atoms with van der Waals surface area (Å²) in [6.07, 6.45) is -0.187. The molecule has 0 bridgehead atoms. The average Bonchev–Trinajstić information content (AvgIpc) is 2.83. The Bertz CT molecular complexity index is 736. The molecule has 23 heavy (non-hydrogen) atoms. The Morgan fingerprint density at radius 2 is 2.09 bits per heavy atom. The molecule has 2 aromatic rings. The molecule has 7 heteroatoms. The van der Waals surface area contributed by atoms with Gasteiger partial charge in [0, 0.05) is 17.6 Å². The van der Waals surface area contributed by atoms with Gasteiger partial charge >= 0.3 is 5.97 Å². The molecule has 0 aliphatic carbocycles. The Morgan fingerprint density at radius 1 is 1.39 bits per heavy atom. The molecule has 0 aliphatic rings. The van der Waals surface area contributed by atoms with E-state index < -0.39 is 11.8 Å². The number of hydrogen-bond acceptors (Lipinski definition) is 3. The predicted molar refractivity (Wildman–Crippen MR) is 82.0 cm³/mol. The SMILES string of the molecule is Cc1oc(CN(C)C(=O)Cc2c(F)cccc2Cl)cc1C(=O)O. The van der Waals surface area contributed by atoms with E-state index in [0.717, 1.165) is 0 Å². The van der Waals surface area contributed by atoms with E-state index >= 15 is 0 Å². The van der Waals surface area contributed by atoms with E-state index in [4.69, 9.17) is 21.1 Å². The van der Waals surface area contributed by atoms with Crippen molar-refractivity contribution in [3.63, 3.8) is 0 Å².